The summed E-state index contributed by atoms with van der Waals surface area (Å²) in [4.78, 5) is 0. The molecule has 1 fully saturated rings. The number of benzene rings is 1. The highest BCUT2D eigenvalue weighted by Gasteiger charge is 2.49. The van der Waals surface area contributed by atoms with Crippen molar-refractivity contribution in [2.45, 2.75) is 52.9 Å². The van der Waals surface area contributed by atoms with E-state index in [1.54, 1.807) is 0 Å². The van der Waals surface area contributed by atoms with Crippen LogP contribution < -0.4 is 4.74 Å². The summed E-state index contributed by atoms with van der Waals surface area (Å²) < 4.78 is 5.71. The largest absolute Gasteiger partial charge is 0.493 e. The van der Waals surface area contributed by atoms with Crippen LogP contribution in [0.4, 0.5) is 0 Å². The van der Waals surface area contributed by atoms with Gasteiger partial charge >= 0.3 is 0 Å². The SMILES string of the molecule is CC(C)COc1ccc(C2(C#N)CC(C(C)(C)C)C2)cc1. The van der Waals surface area contributed by atoms with Gasteiger partial charge in [0, 0.05) is 0 Å². The van der Waals surface area contributed by atoms with E-state index in [-0.39, 0.29) is 5.41 Å². The molecule has 0 saturated heterocycles. The molecule has 1 aliphatic rings. The van der Waals surface area contributed by atoms with E-state index in [1.165, 1.54) is 0 Å². The molecule has 1 aliphatic carbocycles. The topological polar surface area (TPSA) is 33.0 Å². The van der Waals surface area contributed by atoms with Crippen LogP contribution in [-0.2, 0) is 5.41 Å². The Bertz CT molecular complexity index is 510. The van der Waals surface area contributed by atoms with Gasteiger partial charge in [-0.25, -0.2) is 0 Å². The van der Waals surface area contributed by atoms with Crippen LogP contribution in [0.25, 0.3) is 0 Å². The molecule has 21 heavy (non-hydrogen) atoms. The molecule has 1 aromatic rings. The van der Waals surface area contributed by atoms with Crippen LogP contribution in [0.2, 0.25) is 0 Å². The second kappa shape index (κ2) is 5.72. The molecule has 0 radical (unpaired) electrons. The van der Waals surface area contributed by atoms with E-state index >= 15 is 0 Å². The van der Waals surface area contributed by atoms with Crippen molar-refractivity contribution in [1.82, 2.24) is 0 Å². The minimum Gasteiger partial charge on any atom is -0.493 e. The number of nitriles is 1. The number of hydrogen-bond donors (Lipinski definition) is 0. The third-order valence-electron chi connectivity index (χ3n) is 4.62. The average molecular weight is 285 g/mol. The number of rotatable bonds is 4. The van der Waals surface area contributed by atoms with Gasteiger partial charge in [0.15, 0.2) is 0 Å². The summed E-state index contributed by atoms with van der Waals surface area (Å²) in [5.74, 6) is 2.05. The highest BCUT2D eigenvalue weighted by molar-refractivity contribution is 5.39. The molecule has 2 heteroatoms. The van der Waals surface area contributed by atoms with E-state index in [1.807, 2.05) is 12.1 Å². The van der Waals surface area contributed by atoms with Crippen LogP contribution in [0.3, 0.4) is 0 Å². The summed E-state index contributed by atoms with van der Waals surface area (Å²) in [5, 5.41) is 9.64. The summed E-state index contributed by atoms with van der Waals surface area (Å²) in [6.45, 7) is 11.8. The predicted molar refractivity (Wildman–Crippen MR) is 86.2 cm³/mol. The Kier molecular flexibility index (Phi) is 4.33. The van der Waals surface area contributed by atoms with Gasteiger partial charge in [-0.1, -0.05) is 46.8 Å². The molecular weight excluding hydrogens is 258 g/mol. The van der Waals surface area contributed by atoms with Crippen molar-refractivity contribution in [2.75, 3.05) is 6.61 Å². The van der Waals surface area contributed by atoms with Crippen molar-refractivity contribution >= 4 is 0 Å². The molecule has 0 amide bonds. The van der Waals surface area contributed by atoms with Crippen LogP contribution >= 0.6 is 0 Å². The minimum atomic E-state index is -0.283. The van der Waals surface area contributed by atoms with Gasteiger partial charge in [-0.15, -0.1) is 0 Å². The molecule has 0 heterocycles. The first kappa shape index (κ1) is 15.9. The fourth-order valence-electron chi connectivity index (χ4n) is 2.92. The molecule has 2 nitrogen and oxygen atoms in total. The van der Waals surface area contributed by atoms with Crippen molar-refractivity contribution in [2.24, 2.45) is 17.3 Å². The minimum absolute atomic E-state index is 0.283. The van der Waals surface area contributed by atoms with Crippen LogP contribution in [0.5, 0.6) is 5.75 Å². The van der Waals surface area contributed by atoms with E-state index in [2.05, 4.69) is 52.8 Å². The van der Waals surface area contributed by atoms with Gasteiger partial charge in [-0.3, -0.25) is 0 Å². The second-order valence-electron chi connectivity index (χ2n) is 7.89. The summed E-state index contributed by atoms with van der Waals surface area (Å²) in [6.07, 6.45) is 1.94. The molecule has 114 valence electrons. The molecule has 0 bridgehead atoms. The van der Waals surface area contributed by atoms with Crippen LogP contribution in [0.1, 0.15) is 53.0 Å². The molecule has 1 aromatic carbocycles. The Hall–Kier alpha value is -1.49. The van der Waals surface area contributed by atoms with Gasteiger partial charge in [0.25, 0.3) is 0 Å². The van der Waals surface area contributed by atoms with Gasteiger partial charge in [-0.2, -0.15) is 5.26 Å². The van der Waals surface area contributed by atoms with Gasteiger partial charge in [0.05, 0.1) is 18.1 Å². The normalized spacial score (nSPS) is 25.3. The average Bonchev–Trinajstić information content (AvgIpc) is 2.35. The molecule has 0 aromatic heterocycles. The Morgan fingerprint density at radius 2 is 1.81 bits per heavy atom. The molecular formula is C19H27NO. The first-order valence-electron chi connectivity index (χ1n) is 7.91. The van der Waals surface area contributed by atoms with Gasteiger partial charge in [0.2, 0.25) is 0 Å². The summed E-state index contributed by atoms with van der Waals surface area (Å²) in [6, 6.07) is 10.7. The maximum absolute atomic E-state index is 9.64. The van der Waals surface area contributed by atoms with Crippen molar-refractivity contribution in [3.63, 3.8) is 0 Å². The molecule has 0 spiro atoms. The fourth-order valence-corrected chi connectivity index (χ4v) is 2.92. The zero-order chi connectivity index (χ0) is 15.7. The third kappa shape index (κ3) is 3.40. The molecule has 0 N–H and O–H groups in total. The van der Waals surface area contributed by atoms with Crippen LogP contribution in [-0.4, -0.2) is 6.61 Å². The molecule has 0 unspecified atom stereocenters. The Morgan fingerprint density at radius 1 is 1.24 bits per heavy atom. The van der Waals surface area contributed by atoms with Gasteiger partial charge in [-0.05, 0) is 47.8 Å². The summed E-state index contributed by atoms with van der Waals surface area (Å²) >= 11 is 0. The van der Waals surface area contributed by atoms with E-state index in [0.29, 0.717) is 17.3 Å². The standard InChI is InChI=1S/C19H27NO/c1-14(2)12-21-17-8-6-15(7-9-17)19(13-20)10-16(11-19)18(3,4)5/h6-9,14,16H,10-12H2,1-5H3. The number of nitrogens with zero attached hydrogens (tertiary/aromatic N) is 1. The maximum atomic E-state index is 9.64. The summed E-state index contributed by atoms with van der Waals surface area (Å²) in [5.41, 5.74) is 1.15. The highest BCUT2D eigenvalue weighted by atomic mass is 16.5. The Balaban J connectivity index is 2.06. The quantitative estimate of drug-likeness (QED) is 0.785. The van der Waals surface area contributed by atoms with Crippen LogP contribution in [0.15, 0.2) is 24.3 Å². The zero-order valence-electron chi connectivity index (χ0n) is 13.9. The Labute approximate surface area is 129 Å². The van der Waals surface area contributed by atoms with Gasteiger partial charge in [0.1, 0.15) is 5.75 Å². The zero-order valence-corrected chi connectivity index (χ0v) is 13.9. The summed E-state index contributed by atoms with van der Waals surface area (Å²) in [7, 11) is 0. The second-order valence-corrected chi connectivity index (χ2v) is 7.89. The fraction of sp³-hybridized carbons (Fsp3) is 0.632. The maximum Gasteiger partial charge on any atom is 0.119 e. The Morgan fingerprint density at radius 3 is 2.24 bits per heavy atom. The van der Waals surface area contributed by atoms with Crippen molar-refractivity contribution in [1.29, 1.82) is 5.26 Å². The lowest BCUT2D eigenvalue weighted by molar-refractivity contribution is 0.0782. The molecule has 2 rings (SSSR count). The van der Waals surface area contributed by atoms with Crippen molar-refractivity contribution < 1.29 is 4.74 Å². The monoisotopic (exact) mass is 285 g/mol. The van der Waals surface area contributed by atoms with Crippen molar-refractivity contribution in [3.05, 3.63) is 29.8 Å². The highest BCUT2D eigenvalue weighted by Crippen LogP contribution is 2.54. The van der Waals surface area contributed by atoms with Crippen LogP contribution in [0, 0.1) is 28.6 Å². The van der Waals surface area contributed by atoms with E-state index in [9.17, 15) is 5.26 Å². The molecule has 0 atom stereocenters. The lowest BCUT2D eigenvalue weighted by Crippen LogP contribution is -2.45. The number of ether oxygens (including phenoxy) is 1. The van der Waals surface area contributed by atoms with E-state index in [4.69, 9.17) is 4.74 Å². The third-order valence-corrected chi connectivity index (χ3v) is 4.62. The molecule has 1 saturated carbocycles. The van der Waals surface area contributed by atoms with E-state index in [0.717, 1.165) is 30.8 Å². The number of hydrogen-bond acceptors (Lipinski definition) is 2. The lowest BCUT2D eigenvalue weighted by Gasteiger charge is -2.49. The lowest BCUT2D eigenvalue weighted by atomic mass is 9.53. The molecule has 0 aliphatic heterocycles. The first-order chi connectivity index (χ1) is 9.77. The first-order valence-corrected chi connectivity index (χ1v) is 7.91. The van der Waals surface area contributed by atoms with Gasteiger partial charge < -0.3 is 4.74 Å². The smallest absolute Gasteiger partial charge is 0.119 e. The van der Waals surface area contributed by atoms with Crippen molar-refractivity contribution in [3.8, 4) is 11.8 Å². The van der Waals surface area contributed by atoms with E-state index < -0.39 is 0 Å². The predicted octanol–water partition coefficient (Wildman–Crippen LogP) is 4.94.